The number of rotatable bonds is 6. The van der Waals surface area contributed by atoms with Crippen LogP contribution in [-0.2, 0) is 9.59 Å². The number of halogens is 1. The first-order valence-electron chi connectivity index (χ1n) is 7.20. The molecular weight excluding hydrogens is 314 g/mol. The third-order valence-electron chi connectivity index (χ3n) is 2.99. The number of nitrogens with one attached hydrogen (secondary N) is 3. The van der Waals surface area contributed by atoms with Gasteiger partial charge in [0.25, 0.3) is 0 Å². The van der Waals surface area contributed by atoms with E-state index in [0.717, 1.165) is 5.69 Å². The topological polar surface area (TPSA) is 70.2 Å². The molecule has 0 aliphatic rings. The molecule has 120 valence electrons. The Kier molecular flexibility index (Phi) is 6.00. The Balaban J connectivity index is 1.79. The van der Waals surface area contributed by atoms with Gasteiger partial charge in [0.15, 0.2) is 0 Å². The molecule has 2 aromatic carbocycles. The third kappa shape index (κ3) is 6.00. The molecule has 0 bridgehead atoms. The molecule has 2 rings (SSSR count). The fourth-order valence-electron chi connectivity index (χ4n) is 1.99. The second kappa shape index (κ2) is 8.19. The summed E-state index contributed by atoms with van der Waals surface area (Å²) in [5.41, 5.74) is 2.27. The van der Waals surface area contributed by atoms with Crippen LogP contribution in [0.1, 0.15) is 13.3 Å². The minimum absolute atomic E-state index is 0.0853. The van der Waals surface area contributed by atoms with Crippen molar-refractivity contribution in [1.29, 1.82) is 0 Å². The molecule has 6 heteroatoms. The number of carbonyl (C=O) groups is 2. The average molecular weight is 332 g/mol. The predicted octanol–water partition coefficient (Wildman–Crippen LogP) is 3.74. The Hall–Kier alpha value is -2.53. The summed E-state index contributed by atoms with van der Waals surface area (Å²) in [7, 11) is 0. The minimum atomic E-state index is -0.121. The minimum Gasteiger partial charge on any atom is -0.384 e. The smallest absolute Gasteiger partial charge is 0.226 e. The van der Waals surface area contributed by atoms with Gasteiger partial charge in [-0.2, -0.15) is 0 Å². The molecule has 0 atom stereocenters. The summed E-state index contributed by atoms with van der Waals surface area (Å²) in [5.74, 6) is -0.206. The maximum Gasteiger partial charge on any atom is 0.226 e. The van der Waals surface area contributed by atoms with Crippen molar-refractivity contribution in [2.75, 3.05) is 22.5 Å². The molecule has 0 aliphatic heterocycles. The first-order chi connectivity index (χ1) is 11.0. The van der Waals surface area contributed by atoms with E-state index in [0.29, 0.717) is 29.4 Å². The highest BCUT2D eigenvalue weighted by molar-refractivity contribution is 6.30. The molecule has 0 spiro atoms. The van der Waals surface area contributed by atoms with Crippen molar-refractivity contribution < 1.29 is 9.59 Å². The maximum atomic E-state index is 11.9. The fraction of sp³-hybridized carbons (Fsp3) is 0.176. The molecule has 5 nitrogen and oxygen atoms in total. The molecule has 0 radical (unpaired) electrons. The summed E-state index contributed by atoms with van der Waals surface area (Å²) in [5, 5.41) is 9.29. The summed E-state index contributed by atoms with van der Waals surface area (Å²) in [6.45, 7) is 1.95. The second-order valence-electron chi connectivity index (χ2n) is 4.99. The highest BCUT2D eigenvalue weighted by atomic mass is 35.5. The first-order valence-corrected chi connectivity index (χ1v) is 7.58. The Morgan fingerprint density at radius 3 is 2.35 bits per heavy atom. The van der Waals surface area contributed by atoms with Gasteiger partial charge < -0.3 is 16.0 Å². The molecule has 0 saturated carbocycles. The maximum absolute atomic E-state index is 11.9. The number of benzene rings is 2. The van der Waals surface area contributed by atoms with Gasteiger partial charge in [-0.3, -0.25) is 9.59 Å². The second-order valence-corrected chi connectivity index (χ2v) is 5.43. The zero-order valence-corrected chi connectivity index (χ0v) is 13.5. The van der Waals surface area contributed by atoms with Crippen molar-refractivity contribution in [2.24, 2.45) is 0 Å². The molecule has 3 N–H and O–H groups in total. The van der Waals surface area contributed by atoms with Crippen molar-refractivity contribution in [1.82, 2.24) is 0 Å². The summed E-state index contributed by atoms with van der Waals surface area (Å²) in [6, 6.07) is 14.3. The standard InChI is InChI=1S/C17H18ClN3O2/c1-12(22)20-16-4-2-3-15(11-16)19-10-9-17(23)21-14-7-5-13(18)6-8-14/h2-8,11,19H,9-10H2,1H3,(H,20,22)(H,21,23). The lowest BCUT2D eigenvalue weighted by Gasteiger charge is -2.09. The van der Waals surface area contributed by atoms with Crippen LogP contribution in [0.15, 0.2) is 48.5 Å². The van der Waals surface area contributed by atoms with Crippen LogP contribution in [0.5, 0.6) is 0 Å². The first kappa shape index (κ1) is 16.8. The molecule has 0 unspecified atom stereocenters. The lowest BCUT2D eigenvalue weighted by Crippen LogP contribution is -2.16. The zero-order chi connectivity index (χ0) is 16.7. The molecular formula is C17H18ClN3O2. The van der Waals surface area contributed by atoms with Gasteiger partial charge in [-0.25, -0.2) is 0 Å². The van der Waals surface area contributed by atoms with Crippen LogP contribution in [0.4, 0.5) is 17.1 Å². The van der Waals surface area contributed by atoms with Crippen molar-refractivity contribution >= 4 is 40.5 Å². The number of amides is 2. The summed E-state index contributed by atoms with van der Waals surface area (Å²) in [4.78, 5) is 22.9. The van der Waals surface area contributed by atoms with Crippen LogP contribution in [0.3, 0.4) is 0 Å². The van der Waals surface area contributed by atoms with Gasteiger partial charge in [-0.1, -0.05) is 17.7 Å². The van der Waals surface area contributed by atoms with Crippen LogP contribution in [0, 0.1) is 0 Å². The molecule has 2 aromatic rings. The number of anilines is 3. The van der Waals surface area contributed by atoms with Crippen LogP contribution in [0.25, 0.3) is 0 Å². The van der Waals surface area contributed by atoms with E-state index in [-0.39, 0.29) is 11.8 Å². The van der Waals surface area contributed by atoms with Crippen molar-refractivity contribution in [3.8, 4) is 0 Å². The molecule has 0 fully saturated rings. The molecule has 23 heavy (non-hydrogen) atoms. The number of carbonyl (C=O) groups excluding carboxylic acids is 2. The Morgan fingerprint density at radius 1 is 0.957 bits per heavy atom. The van der Waals surface area contributed by atoms with E-state index in [4.69, 9.17) is 11.6 Å². The van der Waals surface area contributed by atoms with E-state index in [2.05, 4.69) is 16.0 Å². The average Bonchev–Trinajstić information content (AvgIpc) is 2.49. The highest BCUT2D eigenvalue weighted by Gasteiger charge is 2.03. The highest BCUT2D eigenvalue weighted by Crippen LogP contribution is 2.15. The quantitative estimate of drug-likeness (QED) is 0.755. The Labute approximate surface area is 140 Å². The summed E-state index contributed by atoms with van der Waals surface area (Å²) < 4.78 is 0. The van der Waals surface area contributed by atoms with Gasteiger partial charge in [0.05, 0.1) is 0 Å². The largest absolute Gasteiger partial charge is 0.384 e. The van der Waals surface area contributed by atoms with Crippen molar-refractivity contribution in [3.63, 3.8) is 0 Å². The third-order valence-corrected chi connectivity index (χ3v) is 3.24. The van der Waals surface area contributed by atoms with E-state index >= 15 is 0 Å². The normalized spacial score (nSPS) is 10.0. The summed E-state index contributed by atoms with van der Waals surface area (Å²) in [6.07, 6.45) is 0.326. The Morgan fingerprint density at radius 2 is 1.65 bits per heavy atom. The van der Waals surface area contributed by atoms with Gasteiger partial charge >= 0.3 is 0 Å². The van der Waals surface area contributed by atoms with E-state index in [1.165, 1.54) is 6.92 Å². The summed E-state index contributed by atoms with van der Waals surface area (Å²) >= 11 is 5.79. The van der Waals surface area contributed by atoms with E-state index in [1.54, 1.807) is 30.3 Å². The lowest BCUT2D eigenvalue weighted by atomic mass is 10.2. The lowest BCUT2D eigenvalue weighted by molar-refractivity contribution is -0.116. The molecule has 2 amide bonds. The van der Waals surface area contributed by atoms with Crippen LogP contribution >= 0.6 is 11.6 Å². The van der Waals surface area contributed by atoms with Crippen LogP contribution in [-0.4, -0.2) is 18.4 Å². The van der Waals surface area contributed by atoms with E-state index in [1.807, 2.05) is 18.2 Å². The van der Waals surface area contributed by atoms with E-state index in [9.17, 15) is 9.59 Å². The number of hydrogen-bond acceptors (Lipinski definition) is 3. The van der Waals surface area contributed by atoms with Gasteiger partial charge in [0.2, 0.25) is 11.8 Å². The Bertz CT molecular complexity index is 686. The zero-order valence-electron chi connectivity index (χ0n) is 12.7. The molecule has 0 aromatic heterocycles. The molecule has 0 heterocycles. The fourth-order valence-corrected chi connectivity index (χ4v) is 2.11. The molecule has 0 saturated heterocycles. The van der Waals surface area contributed by atoms with Crippen LogP contribution in [0.2, 0.25) is 5.02 Å². The monoisotopic (exact) mass is 331 g/mol. The van der Waals surface area contributed by atoms with Crippen molar-refractivity contribution in [2.45, 2.75) is 13.3 Å². The SMILES string of the molecule is CC(=O)Nc1cccc(NCCC(=O)Nc2ccc(Cl)cc2)c1. The van der Waals surface area contributed by atoms with Gasteiger partial charge in [0, 0.05) is 42.0 Å². The van der Waals surface area contributed by atoms with E-state index < -0.39 is 0 Å². The van der Waals surface area contributed by atoms with Gasteiger partial charge in [-0.15, -0.1) is 0 Å². The predicted molar refractivity (Wildman–Crippen MR) is 93.9 cm³/mol. The van der Waals surface area contributed by atoms with Crippen molar-refractivity contribution in [3.05, 3.63) is 53.6 Å². The molecule has 0 aliphatic carbocycles. The van der Waals surface area contributed by atoms with Crippen LogP contribution < -0.4 is 16.0 Å². The van der Waals surface area contributed by atoms with Gasteiger partial charge in [0.1, 0.15) is 0 Å². The van der Waals surface area contributed by atoms with Gasteiger partial charge in [-0.05, 0) is 42.5 Å². The number of hydrogen-bond donors (Lipinski definition) is 3.